The third-order valence-electron chi connectivity index (χ3n) is 3.97. The van der Waals surface area contributed by atoms with Crippen molar-refractivity contribution >= 4 is 16.5 Å². The van der Waals surface area contributed by atoms with Crippen molar-refractivity contribution in [3.05, 3.63) is 83.4 Å². The predicted octanol–water partition coefficient (Wildman–Crippen LogP) is 4.23. The topological polar surface area (TPSA) is 12.4 Å². The second-order valence-corrected chi connectivity index (χ2v) is 5.16. The summed E-state index contributed by atoms with van der Waals surface area (Å²) in [4.78, 5) is 4.81. The highest BCUT2D eigenvalue weighted by molar-refractivity contribution is 6.20. The Balaban J connectivity index is 1.98. The highest BCUT2D eigenvalue weighted by atomic mass is 14.7. The van der Waals surface area contributed by atoms with Crippen molar-refractivity contribution in [1.29, 1.82) is 0 Å². The Morgan fingerprint density at radius 3 is 2.45 bits per heavy atom. The molecule has 1 aliphatic rings. The first-order valence-electron chi connectivity index (χ1n) is 7.04. The molecule has 1 nitrogen and oxygen atoms in total. The molecule has 0 fully saturated rings. The van der Waals surface area contributed by atoms with Gasteiger partial charge < -0.3 is 0 Å². The minimum absolute atomic E-state index is 0.884. The normalized spacial score (nSPS) is 13.9. The van der Waals surface area contributed by atoms with E-state index in [0.717, 1.165) is 18.7 Å². The van der Waals surface area contributed by atoms with E-state index in [1.807, 2.05) is 0 Å². The van der Waals surface area contributed by atoms with Crippen LogP contribution in [0.1, 0.15) is 16.7 Å². The second kappa shape index (κ2) is 4.61. The summed E-state index contributed by atoms with van der Waals surface area (Å²) in [7, 11) is 0. The molecule has 0 unspecified atom stereocenters. The van der Waals surface area contributed by atoms with E-state index in [1.54, 1.807) is 0 Å². The smallest absolute Gasteiger partial charge is 0.0728 e. The Bertz CT molecular complexity index is 809. The van der Waals surface area contributed by atoms with Crippen LogP contribution in [0.2, 0.25) is 0 Å². The maximum absolute atomic E-state index is 4.81. The van der Waals surface area contributed by atoms with Crippen LogP contribution in [0.5, 0.6) is 0 Å². The van der Waals surface area contributed by atoms with Gasteiger partial charge in [0.25, 0.3) is 0 Å². The van der Waals surface area contributed by atoms with E-state index < -0.39 is 0 Å². The molecule has 0 radical (unpaired) electrons. The van der Waals surface area contributed by atoms with Crippen LogP contribution in [0.3, 0.4) is 0 Å². The molecule has 1 heteroatoms. The number of rotatable bonds is 1. The van der Waals surface area contributed by atoms with Gasteiger partial charge in [0, 0.05) is 17.7 Å². The molecule has 20 heavy (non-hydrogen) atoms. The fourth-order valence-electron chi connectivity index (χ4n) is 3.00. The van der Waals surface area contributed by atoms with E-state index >= 15 is 0 Å². The van der Waals surface area contributed by atoms with E-state index in [1.165, 1.54) is 27.5 Å². The van der Waals surface area contributed by atoms with Crippen LogP contribution in [0.25, 0.3) is 10.8 Å². The minimum atomic E-state index is 0.884. The number of aliphatic imine (C=N–C) groups is 1. The lowest BCUT2D eigenvalue weighted by Gasteiger charge is -2.18. The molecule has 4 rings (SSSR count). The van der Waals surface area contributed by atoms with Gasteiger partial charge in [-0.25, -0.2) is 0 Å². The third kappa shape index (κ3) is 1.75. The van der Waals surface area contributed by atoms with Gasteiger partial charge in [0.2, 0.25) is 0 Å². The van der Waals surface area contributed by atoms with Gasteiger partial charge in [0.1, 0.15) is 0 Å². The first-order chi connectivity index (χ1) is 9.93. The molecule has 0 saturated carbocycles. The Kier molecular flexibility index (Phi) is 2.63. The lowest BCUT2D eigenvalue weighted by Crippen LogP contribution is -2.14. The number of fused-ring (bicyclic) bond motifs is 2. The van der Waals surface area contributed by atoms with Crippen molar-refractivity contribution in [2.24, 2.45) is 4.99 Å². The van der Waals surface area contributed by atoms with Crippen molar-refractivity contribution in [3.8, 4) is 0 Å². The Hall–Kier alpha value is -2.41. The molecular formula is C19H15N. The SMILES string of the molecule is c1ccc2c(c1)CCN=C2c1cccc2ccccc12. The summed E-state index contributed by atoms with van der Waals surface area (Å²) in [6, 6.07) is 23.6. The predicted molar refractivity (Wildman–Crippen MR) is 84.6 cm³/mol. The van der Waals surface area contributed by atoms with Gasteiger partial charge in [-0.05, 0) is 22.8 Å². The summed E-state index contributed by atoms with van der Waals surface area (Å²) < 4.78 is 0. The summed E-state index contributed by atoms with van der Waals surface area (Å²) in [5, 5.41) is 2.56. The molecule has 96 valence electrons. The highest BCUT2D eigenvalue weighted by Gasteiger charge is 2.16. The van der Waals surface area contributed by atoms with Gasteiger partial charge in [0.05, 0.1) is 5.71 Å². The van der Waals surface area contributed by atoms with Crippen molar-refractivity contribution in [2.45, 2.75) is 6.42 Å². The fraction of sp³-hybridized carbons (Fsp3) is 0.105. The Labute approximate surface area is 118 Å². The molecule has 1 aliphatic heterocycles. The standard InChI is InChI=1S/C19H15N/c1-3-9-16-14(6-1)8-5-11-18(16)19-17-10-4-2-7-15(17)12-13-20-19/h1-11H,12-13H2. The van der Waals surface area contributed by atoms with E-state index in [2.05, 4.69) is 66.7 Å². The van der Waals surface area contributed by atoms with Gasteiger partial charge in [-0.1, -0.05) is 66.7 Å². The lowest BCUT2D eigenvalue weighted by atomic mass is 9.91. The molecule has 0 aliphatic carbocycles. The van der Waals surface area contributed by atoms with Gasteiger partial charge in [-0.15, -0.1) is 0 Å². The van der Waals surface area contributed by atoms with Gasteiger partial charge >= 0.3 is 0 Å². The average Bonchev–Trinajstić information content (AvgIpc) is 2.54. The Morgan fingerprint density at radius 2 is 1.45 bits per heavy atom. The summed E-state index contributed by atoms with van der Waals surface area (Å²) in [5.74, 6) is 0. The average molecular weight is 257 g/mol. The quantitative estimate of drug-likeness (QED) is 0.618. The van der Waals surface area contributed by atoms with E-state index in [-0.39, 0.29) is 0 Å². The largest absolute Gasteiger partial charge is 0.284 e. The van der Waals surface area contributed by atoms with Crippen LogP contribution in [-0.2, 0) is 6.42 Å². The number of benzene rings is 3. The van der Waals surface area contributed by atoms with Crippen LogP contribution in [-0.4, -0.2) is 12.3 Å². The minimum Gasteiger partial charge on any atom is -0.284 e. The van der Waals surface area contributed by atoms with Gasteiger partial charge in [0.15, 0.2) is 0 Å². The van der Waals surface area contributed by atoms with Crippen molar-refractivity contribution in [1.82, 2.24) is 0 Å². The maximum Gasteiger partial charge on any atom is 0.0728 e. The van der Waals surface area contributed by atoms with E-state index in [4.69, 9.17) is 4.99 Å². The van der Waals surface area contributed by atoms with E-state index in [0.29, 0.717) is 0 Å². The zero-order valence-electron chi connectivity index (χ0n) is 11.2. The number of hydrogen-bond acceptors (Lipinski definition) is 1. The van der Waals surface area contributed by atoms with E-state index in [9.17, 15) is 0 Å². The van der Waals surface area contributed by atoms with Crippen molar-refractivity contribution in [2.75, 3.05) is 6.54 Å². The number of hydrogen-bond donors (Lipinski definition) is 0. The van der Waals surface area contributed by atoms with Crippen LogP contribution in [0.15, 0.2) is 71.7 Å². The molecule has 0 N–H and O–H groups in total. The molecule has 0 spiro atoms. The third-order valence-corrected chi connectivity index (χ3v) is 3.97. The lowest BCUT2D eigenvalue weighted by molar-refractivity contribution is 0.944. The summed E-state index contributed by atoms with van der Waals surface area (Å²) in [5.41, 5.74) is 5.08. The molecule has 0 amide bonds. The summed E-state index contributed by atoms with van der Waals surface area (Å²) >= 11 is 0. The zero-order chi connectivity index (χ0) is 13.4. The summed E-state index contributed by atoms with van der Waals surface area (Å²) in [6.07, 6.45) is 1.05. The number of nitrogens with zero attached hydrogens (tertiary/aromatic N) is 1. The van der Waals surface area contributed by atoms with Gasteiger partial charge in [-0.2, -0.15) is 0 Å². The van der Waals surface area contributed by atoms with Crippen LogP contribution in [0, 0.1) is 0 Å². The maximum atomic E-state index is 4.81. The molecular weight excluding hydrogens is 242 g/mol. The molecule has 1 heterocycles. The zero-order valence-corrected chi connectivity index (χ0v) is 11.2. The fourth-order valence-corrected chi connectivity index (χ4v) is 3.00. The van der Waals surface area contributed by atoms with Crippen LogP contribution in [0.4, 0.5) is 0 Å². The molecule has 0 saturated heterocycles. The van der Waals surface area contributed by atoms with Crippen LogP contribution >= 0.6 is 0 Å². The van der Waals surface area contributed by atoms with Crippen molar-refractivity contribution in [3.63, 3.8) is 0 Å². The second-order valence-electron chi connectivity index (χ2n) is 5.16. The molecule has 0 atom stereocenters. The molecule has 0 bridgehead atoms. The first-order valence-corrected chi connectivity index (χ1v) is 7.04. The molecule has 3 aromatic rings. The monoisotopic (exact) mass is 257 g/mol. The van der Waals surface area contributed by atoms with Gasteiger partial charge in [-0.3, -0.25) is 4.99 Å². The summed E-state index contributed by atoms with van der Waals surface area (Å²) in [6.45, 7) is 0.884. The first kappa shape index (κ1) is 11.4. The highest BCUT2D eigenvalue weighted by Crippen LogP contribution is 2.25. The van der Waals surface area contributed by atoms with Crippen molar-refractivity contribution < 1.29 is 0 Å². The molecule has 3 aromatic carbocycles. The molecule has 0 aromatic heterocycles. The Morgan fingerprint density at radius 1 is 0.700 bits per heavy atom. The van der Waals surface area contributed by atoms with Crippen LogP contribution < -0.4 is 0 Å².